The lowest BCUT2D eigenvalue weighted by Crippen LogP contribution is -2.60. The van der Waals surface area contributed by atoms with E-state index in [4.69, 9.17) is 0 Å². The van der Waals surface area contributed by atoms with Crippen LogP contribution in [0.15, 0.2) is 0 Å². The van der Waals surface area contributed by atoms with Crippen LogP contribution in [0.5, 0.6) is 0 Å². The second-order valence-corrected chi connectivity index (χ2v) is 11.0. The number of hydrogen-bond acceptors (Lipinski definition) is 2. The second kappa shape index (κ2) is 4.33. The molecule has 0 aromatic rings. The van der Waals surface area contributed by atoms with Crippen LogP contribution in [-0.4, -0.2) is 29.6 Å². The summed E-state index contributed by atoms with van der Waals surface area (Å²) in [6.07, 6.45) is 5.63. The maximum Gasteiger partial charge on any atom is 0.0854 e. The average Bonchev–Trinajstić information content (AvgIpc) is 2.05. The van der Waals surface area contributed by atoms with E-state index >= 15 is 0 Å². The summed E-state index contributed by atoms with van der Waals surface area (Å²) in [6.45, 7) is 6.45. The highest BCUT2D eigenvalue weighted by Crippen LogP contribution is 2.34. The minimum atomic E-state index is -1.69. The maximum absolute atomic E-state index is 10.6. The van der Waals surface area contributed by atoms with E-state index < -0.39 is 19.4 Å². The van der Waals surface area contributed by atoms with E-state index in [1.807, 2.05) is 0 Å². The standard InChI is InChI=1S/C11H24O2Si/c1-14(2,3)11(13)9-7-5-4-6-8-10(11)12/h10,12-13H,4-9H2,1-3H3/t10-,11-/m1/s1. The van der Waals surface area contributed by atoms with Gasteiger partial charge in [-0.3, -0.25) is 0 Å². The molecule has 0 aliphatic heterocycles. The molecule has 0 spiro atoms. The Balaban J connectivity index is 2.79. The third-order valence-electron chi connectivity index (χ3n) is 3.64. The molecule has 0 bridgehead atoms. The molecule has 14 heavy (non-hydrogen) atoms. The molecule has 3 heteroatoms. The fraction of sp³-hybridized carbons (Fsp3) is 1.00. The van der Waals surface area contributed by atoms with Gasteiger partial charge in [-0.25, -0.2) is 0 Å². The van der Waals surface area contributed by atoms with E-state index in [9.17, 15) is 10.2 Å². The quantitative estimate of drug-likeness (QED) is 0.660. The van der Waals surface area contributed by atoms with Crippen molar-refractivity contribution in [3.8, 4) is 0 Å². The largest absolute Gasteiger partial charge is 0.391 e. The highest BCUT2D eigenvalue weighted by molar-refractivity contribution is 6.79. The van der Waals surface area contributed by atoms with Crippen LogP contribution in [0, 0.1) is 0 Å². The van der Waals surface area contributed by atoms with Gasteiger partial charge < -0.3 is 10.2 Å². The Bertz CT molecular complexity index is 188. The fourth-order valence-electron chi connectivity index (χ4n) is 2.37. The Hall–Kier alpha value is 0.137. The number of rotatable bonds is 1. The smallest absolute Gasteiger partial charge is 0.0854 e. The Morgan fingerprint density at radius 3 is 2.21 bits per heavy atom. The molecule has 2 atom stereocenters. The van der Waals surface area contributed by atoms with Gasteiger partial charge in [-0.1, -0.05) is 45.3 Å². The molecular weight excluding hydrogens is 192 g/mol. The lowest BCUT2D eigenvalue weighted by molar-refractivity contribution is -0.0373. The van der Waals surface area contributed by atoms with E-state index in [1.165, 1.54) is 12.8 Å². The van der Waals surface area contributed by atoms with Crippen molar-refractivity contribution >= 4 is 8.07 Å². The van der Waals surface area contributed by atoms with Crippen LogP contribution < -0.4 is 0 Å². The van der Waals surface area contributed by atoms with Crippen LogP contribution in [0.4, 0.5) is 0 Å². The van der Waals surface area contributed by atoms with Gasteiger partial charge in [0, 0.05) is 0 Å². The average molecular weight is 216 g/mol. The first-order chi connectivity index (χ1) is 6.38. The Kier molecular flexibility index (Phi) is 3.78. The van der Waals surface area contributed by atoms with E-state index in [0.717, 1.165) is 25.7 Å². The third kappa shape index (κ3) is 2.38. The Labute approximate surface area is 88.4 Å². The van der Waals surface area contributed by atoms with Crippen LogP contribution in [-0.2, 0) is 0 Å². The molecule has 1 saturated carbocycles. The molecule has 0 aromatic heterocycles. The number of hydrogen-bond donors (Lipinski definition) is 2. The molecule has 0 amide bonds. The number of aliphatic hydroxyl groups is 2. The predicted molar refractivity (Wildman–Crippen MR) is 62.0 cm³/mol. The monoisotopic (exact) mass is 216 g/mol. The lowest BCUT2D eigenvalue weighted by atomic mass is 9.95. The molecule has 84 valence electrons. The molecule has 1 fully saturated rings. The summed E-state index contributed by atoms with van der Waals surface area (Å²) in [5.41, 5.74) is 0. The maximum atomic E-state index is 10.6. The van der Waals surface area contributed by atoms with Crippen molar-refractivity contribution in [1.82, 2.24) is 0 Å². The van der Waals surface area contributed by atoms with E-state index in [0.29, 0.717) is 0 Å². The lowest BCUT2D eigenvalue weighted by Gasteiger charge is -2.43. The molecule has 1 rings (SSSR count). The van der Waals surface area contributed by atoms with Crippen molar-refractivity contribution in [1.29, 1.82) is 0 Å². The van der Waals surface area contributed by atoms with Gasteiger partial charge >= 0.3 is 0 Å². The molecule has 0 saturated heterocycles. The molecule has 2 N–H and O–H groups in total. The van der Waals surface area contributed by atoms with Crippen molar-refractivity contribution < 1.29 is 10.2 Å². The van der Waals surface area contributed by atoms with Gasteiger partial charge in [-0.05, 0) is 12.8 Å². The van der Waals surface area contributed by atoms with Gasteiger partial charge in [-0.2, -0.15) is 0 Å². The van der Waals surface area contributed by atoms with Crippen molar-refractivity contribution in [3.63, 3.8) is 0 Å². The predicted octanol–water partition coefficient (Wildman–Crippen LogP) is 2.31. The SMILES string of the molecule is C[Si](C)(C)[C@]1(O)CCCCCC[C@H]1O. The summed E-state index contributed by atoms with van der Waals surface area (Å²) in [5, 5.41) is 19.9. The second-order valence-electron chi connectivity index (χ2n) is 5.64. The van der Waals surface area contributed by atoms with Crippen LogP contribution in [0.25, 0.3) is 0 Å². The zero-order chi connectivity index (χ0) is 10.8. The molecule has 0 aromatic carbocycles. The van der Waals surface area contributed by atoms with E-state index in [2.05, 4.69) is 19.6 Å². The van der Waals surface area contributed by atoms with Gasteiger partial charge in [-0.15, -0.1) is 0 Å². The summed E-state index contributed by atoms with van der Waals surface area (Å²) in [6, 6.07) is 0. The highest BCUT2D eigenvalue weighted by Gasteiger charge is 2.46. The minimum Gasteiger partial charge on any atom is -0.391 e. The van der Waals surface area contributed by atoms with Gasteiger partial charge in [0.15, 0.2) is 0 Å². The summed E-state index contributed by atoms with van der Waals surface area (Å²) < 4.78 is 0. The number of aliphatic hydroxyl groups excluding tert-OH is 1. The van der Waals surface area contributed by atoms with Crippen molar-refractivity contribution in [2.24, 2.45) is 0 Å². The first-order valence-electron chi connectivity index (χ1n) is 5.78. The first kappa shape index (κ1) is 12.2. The van der Waals surface area contributed by atoms with Crippen molar-refractivity contribution in [3.05, 3.63) is 0 Å². The molecule has 1 aliphatic rings. The Morgan fingerprint density at radius 1 is 1.07 bits per heavy atom. The third-order valence-corrected chi connectivity index (χ3v) is 6.82. The van der Waals surface area contributed by atoms with Crippen LogP contribution in [0.2, 0.25) is 19.6 Å². The van der Waals surface area contributed by atoms with Gasteiger partial charge in [0.1, 0.15) is 0 Å². The molecule has 0 radical (unpaired) electrons. The van der Waals surface area contributed by atoms with Gasteiger partial charge in [0.25, 0.3) is 0 Å². The van der Waals surface area contributed by atoms with Crippen LogP contribution >= 0.6 is 0 Å². The fourth-order valence-corrected chi connectivity index (χ4v) is 4.44. The topological polar surface area (TPSA) is 40.5 Å². The molecule has 2 nitrogen and oxygen atoms in total. The first-order valence-corrected chi connectivity index (χ1v) is 9.28. The van der Waals surface area contributed by atoms with Crippen LogP contribution in [0.3, 0.4) is 0 Å². The highest BCUT2D eigenvalue weighted by atomic mass is 28.3. The molecule has 0 unspecified atom stereocenters. The van der Waals surface area contributed by atoms with Crippen LogP contribution in [0.1, 0.15) is 38.5 Å². The van der Waals surface area contributed by atoms with Gasteiger partial charge in [0.2, 0.25) is 0 Å². The molecule has 1 aliphatic carbocycles. The van der Waals surface area contributed by atoms with Crippen molar-refractivity contribution in [2.45, 2.75) is 69.5 Å². The summed E-state index contributed by atoms with van der Waals surface area (Å²) >= 11 is 0. The van der Waals surface area contributed by atoms with E-state index in [1.54, 1.807) is 0 Å². The molecule has 0 heterocycles. The normalized spacial score (nSPS) is 36.2. The van der Waals surface area contributed by atoms with Gasteiger partial charge in [0.05, 0.1) is 19.4 Å². The zero-order valence-corrected chi connectivity index (χ0v) is 10.7. The Morgan fingerprint density at radius 2 is 1.64 bits per heavy atom. The minimum absolute atomic E-state index is 0.491. The summed E-state index contributed by atoms with van der Waals surface area (Å²) in [7, 11) is -1.69. The van der Waals surface area contributed by atoms with E-state index in [-0.39, 0.29) is 0 Å². The zero-order valence-electron chi connectivity index (χ0n) is 9.71. The molecular formula is C11H24O2Si. The van der Waals surface area contributed by atoms with Crippen molar-refractivity contribution in [2.75, 3.05) is 0 Å². The summed E-state index contributed by atoms with van der Waals surface area (Å²) in [5.74, 6) is 0. The summed E-state index contributed by atoms with van der Waals surface area (Å²) in [4.78, 5) is 0.